The van der Waals surface area contributed by atoms with Crippen molar-refractivity contribution in [3.05, 3.63) is 21.8 Å². The molecule has 0 aliphatic carbocycles. The van der Waals surface area contributed by atoms with Crippen molar-refractivity contribution in [3.63, 3.8) is 0 Å². The van der Waals surface area contributed by atoms with Crippen LogP contribution in [0, 0.1) is 0 Å². The first-order chi connectivity index (χ1) is 4.30. The first-order valence-electron chi connectivity index (χ1n) is 2.50. The van der Waals surface area contributed by atoms with Crippen LogP contribution in [0.15, 0.2) is 21.8 Å². The molecule has 48 valence electrons. The zero-order valence-electron chi connectivity index (χ0n) is 5.66. The monoisotopic (exact) mass is 278 g/mol. The summed E-state index contributed by atoms with van der Waals surface area (Å²) in [5.41, 5.74) is 0.339. The summed E-state index contributed by atoms with van der Waals surface area (Å²) in [6.45, 7) is 0. The van der Waals surface area contributed by atoms with Crippen LogP contribution in [-0.4, -0.2) is 26.9 Å². The summed E-state index contributed by atoms with van der Waals surface area (Å²) in [6, 6.07) is 0. The summed E-state index contributed by atoms with van der Waals surface area (Å²) < 4.78 is 2.92. The van der Waals surface area contributed by atoms with Crippen LogP contribution in [0.3, 0.4) is 0 Å². The van der Waals surface area contributed by atoms with Gasteiger partial charge in [-0.3, -0.25) is 0 Å². The van der Waals surface area contributed by atoms with Crippen LogP contribution in [0.1, 0.15) is 0 Å². The molecule has 4 heteroatoms. The Labute approximate surface area is 112 Å². The molecule has 0 saturated heterocycles. The van der Waals surface area contributed by atoms with Gasteiger partial charge in [-0.25, -0.2) is 0 Å². The van der Waals surface area contributed by atoms with Crippen LogP contribution in [-0.2, 0) is 4.79 Å². The molecule has 1 heterocycles. The predicted octanol–water partition coefficient (Wildman–Crippen LogP) is -3.68. The summed E-state index contributed by atoms with van der Waals surface area (Å²) in [5.74, 6) is -1.06. The van der Waals surface area contributed by atoms with Crippen LogP contribution >= 0.6 is 0 Å². The Bertz CT molecular complexity index is 186. The third-order valence-electron chi connectivity index (χ3n) is 0.979. The van der Waals surface area contributed by atoms with Gasteiger partial charge >= 0.3 is 114 Å². The Morgan fingerprint density at radius 1 is 1.70 bits per heavy atom. The van der Waals surface area contributed by atoms with Gasteiger partial charge in [0.2, 0.25) is 0 Å². The summed E-state index contributed by atoms with van der Waals surface area (Å²) in [6.07, 6.45) is 3.37. The maximum absolute atomic E-state index is 10.1. The average molecular weight is 276 g/mol. The number of hydrogen-bond donors (Lipinski definition) is 0. The Morgan fingerprint density at radius 3 is 2.70 bits per heavy atom. The molecule has 0 aromatic rings. The topological polar surface area (TPSA) is 40.1 Å². The van der Waals surface area contributed by atoms with E-state index < -0.39 is 5.97 Å². The fourth-order valence-corrected chi connectivity index (χ4v) is 2.33. The van der Waals surface area contributed by atoms with E-state index >= 15 is 0 Å². The van der Waals surface area contributed by atoms with Crippen molar-refractivity contribution in [2.45, 2.75) is 4.47 Å². The molecule has 0 unspecified atom stereocenters. The van der Waals surface area contributed by atoms with Gasteiger partial charge in [-0.2, -0.15) is 0 Å². The third kappa shape index (κ3) is 3.68. The van der Waals surface area contributed by atoms with E-state index in [9.17, 15) is 9.90 Å². The van der Waals surface area contributed by atoms with Crippen molar-refractivity contribution in [1.82, 2.24) is 0 Å². The molecule has 1 aliphatic heterocycles. The van der Waals surface area contributed by atoms with E-state index in [1.54, 1.807) is 12.2 Å². The molecule has 0 radical (unpaired) electrons. The number of hydrogen-bond acceptors (Lipinski definition) is 2. The van der Waals surface area contributed by atoms with Crippen molar-refractivity contribution in [2.24, 2.45) is 0 Å². The van der Waals surface area contributed by atoms with E-state index in [1.807, 2.05) is 4.12 Å². The van der Waals surface area contributed by atoms with Gasteiger partial charge in [-0.05, 0) is 0 Å². The molecule has 0 aromatic carbocycles. The molecule has 0 amide bonds. The van der Waals surface area contributed by atoms with E-state index in [-0.39, 0.29) is 72.3 Å². The quantitative estimate of drug-likeness (QED) is 0.463. The average Bonchev–Trinajstić information content (AvgIpc) is 1.90. The van der Waals surface area contributed by atoms with Crippen LogP contribution in [0.25, 0.3) is 0 Å². The molecule has 2 nitrogen and oxygen atoms in total. The minimum Gasteiger partial charge on any atom is 1.00 e. The first kappa shape index (κ1) is 11.4. The number of carboxylic acids is 1. The van der Waals surface area contributed by atoms with Crippen LogP contribution in [0.4, 0.5) is 0 Å². The van der Waals surface area contributed by atoms with Crippen molar-refractivity contribution in [1.29, 1.82) is 0 Å². The van der Waals surface area contributed by atoms with Crippen LogP contribution in [0.5, 0.6) is 0 Å². The molecule has 0 fully saturated rings. The van der Waals surface area contributed by atoms with Gasteiger partial charge in [0.05, 0.1) is 0 Å². The van der Waals surface area contributed by atoms with Crippen molar-refractivity contribution in [3.8, 4) is 0 Å². The SMILES string of the molecule is O=C([O-])C1=CC[Te]C=C1.[K+]. The Kier molecular flexibility index (Phi) is 6.77. The molecular weight excluding hydrogens is 271 g/mol. The molecule has 1 rings (SSSR count). The van der Waals surface area contributed by atoms with Crippen molar-refractivity contribution >= 4 is 26.9 Å². The molecule has 0 saturated carbocycles. The second kappa shape index (κ2) is 5.96. The largest absolute Gasteiger partial charge is 1.00 e. The van der Waals surface area contributed by atoms with E-state index in [1.165, 1.54) is 0 Å². The molecule has 1 aliphatic rings. The van der Waals surface area contributed by atoms with Crippen LogP contribution < -0.4 is 56.5 Å². The van der Waals surface area contributed by atoms with Gasteiger partial charge < -0.3 is 0 Å². The molecule has 0 spiro atoms. The second-order valence-corrected chi connectivity index (χ2v) is 4.26. The molecule has 0 aromatic heterocycles. The van der Waals surface area contributed by atoms with E-state index in [4.69, 9.17) is 0 Å². The fraction of sp³-hybridized carbons (Fsp3) is 0.167. The fourth-order valence-electron chi connectivity index (χ4n) is 0.534. The number of carboxylic acid groups (broad SMARTS) is 1. The van der Waals surface area contributed by atoms with Gasteiger partial charge in [0.25, 0.3) is 0 Å². The normalized spacial score (nSPS) is 15.4. The van der Waals surface area contributed by atoms with Crippen molar-refractivity contribution < 1.29 is 61.3 Å². The van der Waals surface area contributed by atoms with Gasteiger partial charge in [0.15, 0.2) is 0 Å². The molecule has 10 heavy (non-hydrogen) atoms. The van der Waals surface area contributed by atoms with Gasteiger partial charge in [-0.15, -0.1) is 0 Å². The molecule has 0 bridgehead atoms. The molecule has 0 N–H and O–H groups in total. The number of carbonyl (C=O) groups is 1. The zero-order chi connectivity index (χ0) is 6.69. The molecule has 0 atom stereocenters. The van der Waals surface area contributed by atoms with Gasteiger partial charge in [0, 0.05) is 0 Å². The summed E-state index contributed by atoms with van der Waals surface area (Å²) in [4.78, 5) is 10.1. The van der Waals surface area contributed by atoms with Gasteiger partial charge in [-0.1, -0.05) is 0 Å². The smallest absolute Gasteiger partial charge is 1.00 e. The summed E-state index contributed by atoms with van der Waals surface area (Å²) in [5, 5.41) is 10.1. The van der Waals surface area contributed by atoms with E-state index in [2.05, 4.69) is 0 Å². The maximum atomic E-state index is 10.1. The number of rotatable bonds is 1. The Balaban J connectivity index is 0.000000810. The van der Waals surface area contributed by atoms with E-state index in [0.29, 0.717) is 5.57 Å². The first-order valence-corrected chi connectivity index (χ1v) is 5.49. The third-order valence-corrected chi connectivity index (χ3v) is 2.94. The van der Waals surface area contributed by atoms with Gasteiger partial charge in [0.1, 0.15) is 0 Å². The second-order valence-electron chi connectivity index (χ2n) is 1.58. The minimum absolute atomic E-state index is 0. The Morgan fingerprint density at radius 2 is 2.40 bits per heavy atom. The summed E-state index contributed by atoms with van der Waals surface area (Å²) in [7, 11) is 0. The van der Waals surface area contributed by atoms with Crippen LogP contribution in [0.2, 0.25) is 4.47 Å². The molecular formula is C6H5KO2Te. The van der Waals surface area contributed by atoms with Crippen molar-refractivity contribution in [2.75, 3.05) is 0 Å². The number of allylic oxidation sites excluding steroid dienone is 1. The maximum Gasteiger partial charge on any atom is 1.00 e. The summed E-state index contributed by atoms with van der Waals surface area (Å²) >= 11 is -0.0365. The zero-order valence-corrected chi connectivity index (χ0v) is 11.1. The number of carbonyl (C=O) groups excluding carboxylic acids is 1. The minimum atomic E-state index is -1.06. The Hall–Kier alpha value is 1.38. The van der Waals surface area contributed by atoms with E-state index in [0.717, 1.165) is 4.47 Å². The predicted molar refractivity (Wildman–Crippen MR) is 32.8 cm³/mol. The standard InChI is InChI=1S/C6H6O2Te.K/c7-6(8)5-1-3-9-4-2-5;/h1-3H,4H2,(H,7,8);/q;+1/p-1. The number of aliphatic carboxylic acids is 1.